The van der Waals surface area contributed by atoms with Crippen molar-refractivity contribution in [1.82, 2.24) is 0 Å². The van der Waals surface area contributed by atoms with Gasteiger partial charge in [0.25, 0.3) is 5.91 Å². The summed E-state index contributed by atoms with van der Waals surface area (Å²) in [5, 5.41) is 6.55. The zero-order valence-electron chi connectivity index (χ0n) is 16.3. The molecule has 0 bridgehead atoms. The molecule has 3 aromatic rings. The van der Waals surface area contributed by atoms with E-state index in [1.54, 1.807) is 48.7 Å². The summed E-state index contributed by atoms with van der Waals surface area (Å²) in [6, 6.07) is 14.7. The van der Waals surface area contributed by atoms with Crippen LogP contribution in [0.3, 0.4) is 0 Å². The van der Waals surface area contributed by atoms with Crippen molar-refractivity contribution in [3.8, 4) is 0 Å². The number of alkyl halides is 3. The second-order valence-electron chi connectivity index (χ2n) is 6.42. The highest BCUT2D eigenvalue weighted by Gasteiger charge is 2.31. The fourth-order valence-electron chi connectivity index (χ4n) is 2.59. The Morgan fingerprint density at radius 1 is 1.10 bits per heavy atom. The number of amides is 1. The minimum atomic E-state index is -4.59. The van der Waals surface area contributed by atoms with Crippen molar-refractivity contribution < 1.29 is 27.5 Å². The molecular formula is C22H17F3N2O3S. The molecule has 0 saturated carbocycles. The quantitative estimate of drug-likeness (QED) is 0.293. The number of hydrazone groups is 1. The number of halogens is 3. The SMILES string of the molecule is Cc1ccsc1C(=O)OCC(=O)N(N=Cc1ccccc1)c1cccc(C(F)(F)F)c1. The number of benzene rings is 2. The zero-order chi connectivity index (χ0) is 22.4. The monoisotopic (exact) mass is 446 g/mol. The molecule has 2 aromatic carbocycles. The molecule has 0 aliphatic rings. The van der Waals surface area contributed by atoms with Crippen molar-refractivity contribution in [3.63, 3.8) is 0 Å². The fourth-order valence-corrected chi connectivity index (χ4v) is 3.41. The Morgan fingerprint density at radius 2 is 1.84 bits per heavy atom. The van der Waals surface area contributed by atoms with Crippen molar-refractivity contribution >= 4 is 35.1 Å². The summed E-state index contributed by atoms with van der Waals surface area (Å²) in [6.07, 6.45) is -3.25. The van der Waals surface area contributed by atoms with E-state index in [1.807, 2.05) is 0 Å². The fraction of sp³-hybridized carbons (Fsp3) is 0.136. The number of nitrogens with zero attached hydrogens (tertiary/aromatic N) is 2. The van der Waals surface area contributed by atoms with Crippen LogP contribution in [0.15, 0.2) is 71.1 Å². The van der Waals surface area contributed by atoms with Gasteiger partial charge in [-0.15, -0.1) is 11.3 Å². The van der Waals surface area contributed by atoms with E-state index in [2.05, 4.69) is 5.10 Å². The highest BCUT2D eigenvalue weighted by molar-refractivity contribution is 7.12. The summed E-state index contributed by atoms with van der Waals surface area (Å²) in [5.74, 6) is -1.48. The standard InChI is InChI=1S/C22H17F3N2O3S/c1-15-10-11-31-20(15)21(29)30-14-19(28)27(26-13-16-6-3-2-4-7-16)18-9-5-8-17(12-18)22(23,24)25/h2-13H,14H2,1H3. The number of carbonyl (C=O) groups is 2. The van der Waals surface area contributed by atoms with Crippen LogP contribution in [-0.2, 0) is 15.7 Å². The van der Waals surface area contributed by atoms with Gasteiger partial charge in [0.05, 0.1) is 17.5 Å². The van der Waals surface area contributed by atoms with E-state index in [0.29, 0.717) is 16.0 Å². The Kier molecular flexibility index (Phi) is 6.86. The van der Waals surface area contributed by atoms with E-state index in [1.165, 1.54) is 29.7 Å². The third-order valence-electron chi connectivity index (χ3n) is 4.15. The Balaban J connectivity index is 1.85. The molecular weight excluding hydrogens is 429 g/mol. The summed E-state index contributed by atoms with van der Waals surface area (Å²) in [7, 11) is 0. The van der Waals surface area contributed by atoms with Crippen LogP contribution in [0.2, 0.25) is 0 Å². The molecule has 0 atom stereocenters. The lowest BCUT2D eigenvalue weighted by molar-refractivity contribution is -0.137. The van der Waals surface area contributed by atoms with Crippen LogP contribution in [0.1, 0.15) is 26.4 Å². The van der Waals surface area contributed by atoms with Crippen LogP contribution in [0.25, 0.3) is 0 Å². The lowest BCUT2D eigenvalue weighted by Gasteiger charge is -2.18. The average molecular weight is 446 g/mol. The van der Waals surface area contributed by atoms with Gasteiger partial charge in [-0.3, -0.25) is 4.79 Å². The number of rotatable bonds is 6. The predicted octanol–water partition coefficient (Wildman–Crippen LogP) is 5.30. The highest BCUT2D eigenvalue weighted by Crippen LogP contribution is 2.31. The minimum absolute atomic E-state index is 0.102. The molecule has 0 aliphatic heterocycles. The predicted molar refractivity (Wildman–Crippen MR) is 112 cm³/mol. The average Bonchev–Trinajstić information content (AvgIpc) is 3.18. The maximum Gasteiger partial charge on any atom is 0.416 e. The molecule has 0 aliphatic carbocycles. The van der Waals surface area contributed by atoms with Gasteiger partial charge in [-0.2, -0.15) is 23.3 Å². The molecule has 0 fully saturated rings. The summed E-state index contributed by atoms with van der Waals surface area (Å²) in [4.78, 5) is 25.3. The summed E-state index contributed by atoms with van der Waals surface area (Å²) in [6.45, 7) is 1.05. The van der Waals surface area contributed by atoms with Crippen LogP contribution >= 0.6 is 11.3 Å². The first-order valence-corrected chi connectivity index (χ1v) is 9.94. The molecule has 0 saturated heterocycles. The van der Waals surface area contributed by atoms with Gasteiger partial charge < -0.3 is 4.74 Å². The number of thiophene rings is 1. The van der Waals surface area contributed by atoms with Gasteiger partial charge in [-0.25, -0.2) is 4.79 Å². The first kappa shape index (κ1) is 22.2. The molecule has 9 heteroatoms. The second kappa shape index (κ2) is 9.57. The molecule has 1 amide bonds. The number of hydrogen-bond donors (Lipinski definition) is 0. The van der Waals surface area contributed by atoms with Gasteiger partial charge in [0, 0.05) is 0 Å². The molecule has 160 valence electrons. The summed E-state index contributed by atoms with van der Waals surface area (Å²) < 4.78 is 44.4. The van der Waals surface area contributed by atoms with E-state index in [0.717, 1.165) is 17.1 Å². The first-order chi connectivity index (χ1) is 14.8. The Bertz CT molecular complexity index is 1090. The lowest BCUT2D eigenvalue weighted by Crippen LogP contribution is -2.31. The van der Waals surface area contributed by atoms with Crippen molar-refractivity contribution in [2.45, 2.75) is 13.1 Å². The Hall–Kier alpha value is -3.46. The van der Waals surface area contributed by atoms with Crippen LogP contribution < -0.4 is 5.01 Å². The Morgan fingerprint density at radius 3 is 2.48 bits per heavy atom. The molecule has 31 heavy (non-hydrogen) atoms. The minimum Gasteiger partial charge on any atom is -0.451 e. The number of hydrogen-bond acceptors (Lipinski definition) is 5. The number of carbonyl (C=O) groups excluding carboxylic acids is 2. The van der Waals surface area contributed by atoms with Crippen molar-refractivity contribution in [2.75, 3.05) is 11.6 Å². The van der Waals surface area contributed by atoms with E-state index >= 15 is 0 Å². The molecule has 3 rings (SSSR count). The van der Waals surface area contributed by atoms with E-state index in [-0.39, 0.29) is 5.69 Å². The largest absolute Gasteiger partial charge is 0.451 e. The first-order valence-electron chi connectivity index (χ1n) is 9.06. The zero-order valence-corrected chi connectivity index (χ0v) is 17.1. The number of anilines is 1. The number of aryl methyl sites for hydroxylation is 1. The summed E-state index contributed by atoms with van der Waals surface area (Å²) >= 11 is 1.17. The van der Waals surface area contributed by atoms with Gasteiger partial charge in [-0.05, 0) is 47.7 Å². The van der Waals surface area contributed by atoms with Gasteiger partial charge in [0.15, 0.2) is 6.61 Å². The second-order valence-corrected chi connectivity index (χ2v) is 7.33. The smallest absolute Gasteiger partial charge is 0.416 e. The molecule has 1 aromatic heterocycles. The molecule has 5 nitrogen and oxygen atoms in total. The van der Waals surface area contributed by atoms with Crippen molar-refractivity contribution in [1.29, 1.82) is 0 Å². The van der Waals surface area contributed by atoms with Gasteiger partial charge in [0.1, 0.15) is 4.88 Å². The van der Waals surface area contributed by atoms with Crippen LogP contribution in [0.4, 0.5) is 18.9 Å². The van der Waals surface area contributed by atoms with Crippen LogP contribution in [-0.4, -0.2) is 24.7 Å². The van der Waals surface area contributed by atoms with E-state index in [4.69, 9.17) is 4.74 Å². The van der Waals surface area contributed by atoms with Crippen molar-refractivity contribution in [3.05, 3.63) is 87.6 Å². The van der Waals surface area contributed by atoms with Gasteiger partial charge in [-0.1, -0.05) is 36.4 Å². The van der Waals surface area contributed by atoms with Gasteiger partial charge in [0.2, 0.25) is 0 Å². The number of ether oxygens (including phenoxy) is 1. The summed E-state index contributed by atoms with van der Waals surface area (Å²) in [5.41, 5.74) is 0.317. The molecule has 1 heterocycles. The normalized spacial score (nSPS) is 11.5. The topological polar surface area (TPSA) is 59.0 Å². The lowest BCUT2D eigenvalue weighted by atomic mass is 10.2. The van der Waals surface area contributed by atoms with Crippen LogP contribution in [0.5, 0.6) is 0 Å². The highest BCUT2D eigenvalue weighted by atomic mass is 32.1. The molecule has 0 spiro atoms. The molecule has 0 unspecified atom stereocenters. The maximum atomic E-state index is 13.1. The van der Waals surface area contributed by atoms with E-state index < -0.39 is 30.2 Å². The molecule has 0 radical (unpaired) electrons. The maximum absolute atomic E-state index is 13.1. The van der Waals surface area contributed by atoms with E-state index in [9.17, 15) is 22.8 Å². The van der Waals surface area contributed by atoms with Crippen LogP contribution in [0, 0.1) is 6.92 Å². The molecule has 0 N–H and O–H groups in total. The third-order valence-corrected chi connectivity index (χ3v) is 5.15. The third kappa shape index (κ3) is 5.79. The van der Waals surface area contributed by atoms with Gasteiger partial charge >= 0.3 is 12.1 Å². The number of esters is 1. The Labute approximate surface area is 180 Å². The van der Waals surface area contributed by atoms with Crippen molar-refractivity contribution in [2.24, 2.45) is 5.10 Å².